The van der Waals surface area contributed by atoms with Crippen LogP contribution in [0.15, 0.2) is 0 Å². The summed E-state index contributed by atoms with van der Waals surface area (Å²) in [6.07, 6.45) is 29.9. The molecule has 0 bridgehead atoms. The van der Waals surface area contributed by atoms with Crippen molar-refractivity contribution in [2.24, 2.45) is 23.7 Å². The van der Waals surface area contributed by atoms with E-state index in [4.69, 9.17) is 0 Å². The summed E-state index contributed by atoms with van der Waals surface area (Å²) >= 11 is 0. The summed E-state index contributed by atoms with van der Waals surface area (Å²) in [5, 5.41) is 42.0. The molecule has 4 fully saturated rings. The molecule has 0 atom stereocenters. The average molecular weight is 669 g/mol. The first-order chi connectivity index (χ1) is 21.2. The summed E-state index contributed by atoms with van der Waals surface area (Å²) in [5.74, 6) is -3.99. The minimum Gasteiger partial charge on any atom is -0.550 e. The molecule has 4 aliphatic carbocycles. The molecule has 0 radical (unpaired) electrons. The molecular weight excluding hydrogens is 608 g/mol. The Balaban J connectivity index is 0.000000569. The van der Waals surface area contributed by atoms with E-state index in [0.717, 1.165) is 103 Å². The molecule has 0 aromatic carbocycles. The fraction of sp³-hybridized carbons (Fsp3) is 0.889. The van der Waals surface area contributed by atoms with Crippen molar-refractivity contribution in [3.05, 3.63) is 0 Å². The zero-order valence-electron chi connectivity index (χ0n) is 27.9. The van der Waals surface area contributed by atoms with E-state index in [2.05, 4.69) is 0 Å². The van der Waals surface area contributed by atoms with Crippen LogP contribution in [0.5, 0.6) is 0 Å². The van der Waals surface area contributed by atoms with E-state index in [1.54, 1.807) is 0 Å². The van der Waals surface area contributed by atoms with Gasteiger partial charge in [0.25, 0.3) is 0 Å². The van der Waals surface area contributed by atoms with Crippen molar-refractivity contribution in [3.63, 3.8) is 0 Å². The topological polar surface area (TPSA) is 161 Å². The SMILES string of the molecule is O=C([O-])C1CCCCCCC1.O=C([O-])C1CCCCCCC1.O=C([O-])C1CCCCCCC1.O=C([O-])C1CCCCCCC1.[Ti+4]. The van der Waals surface area contributed by atoms with Gasteiger partial charge in [0.15, 0.2) is 0 Å². The van der Waals surface area contributed by atoms with Crippen LogP contribution in [0.25, 0.3) is 0 Å². The number of carboxylic acids is 4. The second-order valence-corrected chi connectivity index (χ2v) is 13.4. The molecule has 0 N–H and O–H groups in total. The van der Waals surface area contributed by atoms with E-state index >= 15 is 0 Å². The van der Waals surface area contributed by atoms with Crippen LogP contribution in [0.1, 0.15) is 180 Å². The van der Waals surface area contributed by atoms with Crippen molar-refractivity contribution < 1.29 is 61.3 Å². The Labute approximate surface area is 287 Å². The van der Waals surface area contributed by atoms with Crippen LogP contribution in [0.3, 0.4) is 0 Å². The smallest absolute Gasteiger partial charge is 0.550 e. The van der Waals surface area contributed by atoms with Gasteiger partial charge < -0.3 is 39.6 Å². The van der Waals surface area contributed by atoms with Crippen LogP contribution in [0.4, 0.5) is 0 Å². The van der Waals surface area contributed by atoms with Gasteiger partial charge in [-0.25, -0.2) is 0 Å². The van der Waals surface area contributed by atoms with Gasteiger partial charge in [0.05, 0.1) is 0 Å². The van der Waals surface area contributed by atoms with Gasteiger partial charge in [0.1, 0.15) is 0 Å². The zero-order valence-corrected chi connectivity index (χ0v) is 29.4. The molecule has 9 heteroatoms. The average Bonchev–Trinajstić information content (AvgIpc) is 2.88. The normalized spacial score (nSPS) is 21.7. The zero-order chi connectivity index (χ0) is 32.4. The molecular formula is C36H60O8Ti. The van der Waals surface area contributed by atoms with E-state index < -0.39 is 23.9 Å². The minimum atomic E-state index is -0.841. The summed E-state index contributed by atoms with van der Waals surface area (Å²) in [5.41, 5.74) is 0. The number of carboxylic acid groups (broad SMARTS) is 4. The van der Waals surface area contributed by atoms with Gasteiger partial charge in [-0.3, -0.25) is 0 Å². The quantitative estimate of drug-likeness (QED) is 0.399. The largest absolute Gasteiger partial charge is 4.00 e. The number of aliphatic carboxylic acids is 4. The van der Waals surface area contributed by atoms with Gasteiger partial charge >= 0.3 is 21.7 Å². The molecule has 0 spiro atoms. The van der Waals surface area contributed by atoms with Crippen LogP contribution < -0.4 is 20.4 Å². The summed E-state index contributed by atoms with van der Waals surface area (Å²) in [6.45, 7) is 0. The van der Waals surface area contributed by atoms with Crippen LogP contribution in [-0.2, 0) is 40.9 Å². The first kappa shape index (κ1) is 43.6. The maximum absolute atomic E-state index is 10.5. The maximum Gasteiger partial charge on any atom is 4.00 e. The number of carbonyl (C=O) groups is 4. The fourth-order valence-corrected chi connectivity index (χ4v) is 6.77. The molecule has 0 saturated heterocycles. The Morgan fingerprint density at radius 1 is 0.267 bits per heavy atom. The molecule has 256 valence electrons. The van der Waals surface area contributed by atoms with E-state index in [0.29, 0.717) is 0 Å². The predicted molar refractivity (Wildman–Crippen MR) is 163 cm³/mol. The first-order valence-corrected chi connectivity index (χ1v) is 18.1. The Morgan fingerprint density at radius 3 is 0.489 bits per heavy atom. The molecule has 4 rings (SSSR count). The Kier molecular flexibility index (Phi) is 27.9. The van der Waals surface area contributed by atoms with Crippen molar-refractivity contribution in [1.29, 1.82) is 0 Å². The number of hydrogen-bond donors (Lipinski definition) is 0. The Morgan fingerprint density at radius 2 is 0.378 bits per heavy atom. The van der Waals surface area contributed by atoms with Gasteiger partial charge in [0.2, 0.25) is 0 Å². The number of hydrogen-bond acceptors (Lipinski definition) is 8. The minimum absolute atomic E-state index is 0. The van der Waals surface area contributed by atoms with Gasteiger partial charge in [-0.15, -0.1) is 0 Å². The molecule has 0 unspecified atom stereocenters. The predicted octanol–water partition coefficient (Wildman–Crippen LogP) is 4.38. The molecule has 45 heavy (non-hydrogen) atoms. The van der Waals surface area contributed by atoms with Crippen LogP contribution >= 0.6 is 0 Å². The van der Waals surface area contributed by atoms with Crippen molar-refractivity contribution in [2.45, 2.75) is 180 Å². The first-order valence-electron chi connectivity index (χ1n) is 18.1. The summed E-state index contributed by atoms with van der Waals surface area (Å²) in [4.78, 5) is 42.0. The maximum atomic E-state index is 10.5. The van der Waals surface area contributed by atoms with Crippen molar-refractivity contribution in [1.82, 2.24) is 0 Å². The van der Waals surface area contributed by atoms with E-state index in [1.807, 2.05) is 0 Å². The summed E-state index contributed by atoms with van der Waals surface area (Å²) in [6, 6.07) is 0. The van der Waals surface area contributed by atoms with Crippen molar-refractivity contribution in [3.8, 4) is 0 Å². The van der Waals surface area contributed by atoms with Gasteiger partial charge in [-0.1, -0.05) is 128 Å². The second kappa shape index (κ2) is 28.8. The molecule has 0 heterocycles. The fourth-order valence-electron chi connectivity index (χ4n) is 6.77. The Hall–Kier alpha value is -1.41. The van der Waals surface area contributed by atoms with Crippen molar-refractivity contribution >= 4 is 23.9 Å². The van der Waals surface area contributed by atoms with Crippen LogP contribution in [0, 0.1) is 23.7 Å². The number of carbonyl (C=O) groups excluding carboxylic acids is 4. The third kappa shape index (κ3) is 23.5. The van der Waals surface area contributed by atoms with E-state index in [9.17, 15) is 39.6 Å². The molecule has 8 nitrogen and oxygen atoms in total. The van der Waals surface area contributed by atoms with Gasteiger partial charge in [-0.05, 0) is 75.0 Å². The van der Waals surface area contributed by atoms with E-state index in [-0.39, 0.29) is 45.4 Å². The van der Waals surface area contributed by atoms with Crippen LogP contribution in [-0.4, -0.2) is 23.9 Å². The van der Waals surface area contributed by atoms with Crippen molar-refractivity contribution in [2.75, 3.05) is 0 Å². The number of rotatable bonds is 4. The molecule has 4 aliphatic rings. The van der Waals surface area contributed by atoms with Gasteiger partial charge in [-0.2, -0.15) is 0 Å². The Bertz CT molecular complexity index is 629. The van der Waals surface area contributed by atoms with E-state index in [1.165, 1.54) is 77.0 Å². The monoisotopic (exact) mass is 668 g/mol. The van der Waals surface area contributed by atoms with Gasteiger partial charge in [0, 0.05) is 23.9 Å². The molecule has 0 aliphatic heterocycles. The van der Waals surface area contributed by atoms with Crippen LogP contribution in [0.2, 0.25) is 0 Å². The molecule has 0 amide bonds. The molecule has 0 aromatic rings. The molecule has 4 saturated carbocycles. The molecule has 0 aromatic heterocycles. The third-order valence-electron chi connectivity index (χ3n) is 9.75. The second-order valence-electron chi connectivity index (χ2n) is 13.4. The standard InChI is InChI=1S/4C9H16O2.Ti/c4*10-9(11)8-6-4-2-1-3-5-7-8;/h4*8H,1-7H2,(H,10,11);/q;;;;+4/p-4. The summed E-state index contributed by atoms with van der Waals surface area (Å²) in [7, 11) is 0. The summed E-state index contributed by atoms with van der Waals surface area (Å²) < 4.78 is 0. The third-order valence-corrected chi connectivity index (χ3v) is 9.75.